The number of ketones is 1. The van der Waals surface area contributed by atoms with Crippen molar-refractivity contribution < 1.29 is 33.3 Å². The molecule has 2 aliphatic heterocycles. The van der Waals surface area contributed by atoms with Crippen molar-refractivity contribution in [1.82, 2.24) is 0 Å². The van der Waals surface area contributed by atoms with E-state index in [1.165, 1.54) is 7.11 Å². The van der Waals surface area contributed by atoms with Gasteiger partial charge in [0.1, 0.15) is 17.2 Å². The quantitative estimate of drug-likeness (QED) is 0.573. The van der Waals surface area contributed by atoms with Gasteiger partial charge in [-0.05, 0) is 30.3 Å². The molecule has 0 fully saturated rings. The molecule has 0 bridgehead atoms. The first-order chi connectivity index (χ1) is 13.5. The zero-order valence-corrected chi connectivity index (χ0v) is 15.6. The number of Topliss-reactive ketones (excluding diaryl/α,β-unsaturated/α-hetero) is 1. The normalized spacial score (nSPS) is 16.1. The minimum Gasteiger partial charge on any atom is -0.482 e. The van der Waals surface area contributed by atoms with Crippen LogP contribution in [0.25, 0.3) is 6.08 Å². The van der Waals surface area contributed by atoms with E-state index in [1.54, 1.807) is 36.4 Å². The molecular weight excluding hydrogens is 388 g/mol. The summed E-state index contributed by atoms with van der Waals surface area (Å²) >= 11 is 6.17. The molecule has 0 N–H and O–H groups in total. The monoisotopic (exact) mass is 402 g/mol. The Morgan fingerprint density at radius 1 is 1.29 bits per heavy atom. The average molecular weight is 403 g/mol. The highest BCUT2D eigenvalue weighted by Crippen LogP contribution is 2.38. The van der Waals surface area contributed by atoms with Gasteiger partial charge in [-0.1, -0.05) is 11.6 Å². The van der Waals surface area contributed by atoms with Crippen LogP contribution in [0, 0.1) is 0 Å². The first kappa shape index (κ1) is 18.3. The molecule has 144 valence electrons. The van der Waals surface area contributed by atoms with Gasteiger partial charge in [0.15, 0.2) is 19.2 Å². The molecule has 28 heavy (non-hydrogen) atoms. The Morgan fingerprint density at radius 3 is 2.96 bits per heavy atom. The fraction of sp³-hybridized carbons (Fsp3) is 0.200. The number of esters is 1. The summed E-state index contributed by atoms with van der Waals surface area (Å²) in [5.74, 6) is 0.706. The van der Waals surface area contributed by atoms with E-state index in [1.807, 2.05) is 0 Å². The third-order valence-electron chi connectivity index (χ3n) is 4.22. The number of benzene rings is 2. The fourth-order valence-electron chi connectivity index (χ4n) is 2.92. The summed E-state index contributed by atoms with van der Waals surface area (Å²) in [7, 11) is 1.28. The van der Waals surface area contributed by atoms with E-state index in [2.05, 4.69) is 4.74 Å². The van der Waals surface area contributed by atoms with Crippen molar-refractivity contribution in [2.75, 3.05) is 20.5 Å². The van der Waals surface area contributed by atoms with E-state index in [4.69, 9.17) is 30.5 Å². The lowest BCUT2D eigenvalue weighted by molar-refractivity contribution is -0.142. The maximum absolute atomic E-state index is 12.7. The van der Waals surface area contributed by atoms with Gasteiger partial charge in [-0.25, -0.2) is 4.79 Å². The van der Waals surface area contributed by atoms with Crippen LogP contribution in [0.5, 0.6) is 17.2 Å². The maximum atomic E-state index is 12.7. The second-order valence-electron chi connectivity index (χ2n) is 6.06. The van der Waals surface area contributed by atoms with Crippen LogP contribution in [-0.2, 0) is 20.9 Å². The van der Waals surface area contributed by atoms with Crippen LogP contribution in [0.2, 0.25) is 5.02 Å². The Bertz CT molecular complexity index is 996. The molecule has 2 aliphatic rings. The molecule has 0 saturated heterocycles. The predicted octanol–water partition coefficient (Wildman–Crippen LogP) is 3.37. The lowest BCUT2D eigenvalue weighted by Crippen LogP contribution is -2.12. The molecule has 0 radical (unpaired) electrons. The molecule has 0 aromatic heterocycles. The SMILES string of the molecule is COC(=O)COc1ccc2c(c1)OC(=Cc1cc(Cl)cc3c1OCOC3)C2=O. The van der Waals surface area contributed by atoms with Crippen LogP contribution in [-0.4, -0.2) is 32.3 Å². The number of carbonyl (C=O) groups excluding carboxylic acids is 2. The van der Waals surface area contributed by atoms with E-state index >= 15 is 0 Å². The molecule has 2 aromatic rings. The van der Waals surface area contributed by atoms with Crippen LogP contribution >= 0.6 is 11.6 Å². The van der Waals surface area contributed by atoms with Crippen LogP contribution in [0.1, 0.15) is 21.5 Å². The van der Waals surface area contributed by atoms with E-state index < -0.39 is 5.97 Å². The van der Waals surface area contributed by atoms with Crippen molar-refractivity contribution in [1.29, 1.82) is 0 Å². The third kappa shape index (κ3) is 3.54. The second-order valence-corrected chi connectivity index (χ2v) is 6.49. The Kier molecular flexibility index (Phi) is 4.93. The van der Waals surface area contributed by atoms with Crippen LogP contribution in [0.4, 0.5) is 0 Å². The van der Waals surface area contributed by atoms with Crippen molar-refractivity contribution in [3.8, 4) is 17.2 Å². The first-order valence-corrected chi connectivity index (χ1v) is 8.74. The molecular formula is C20H15ClO7. The number of carbonyl (C=O) groups is 2. The van der Waals surface area contributed by atoms with Crippen molar-refractivity contribution in [3.63, 3.8) is 0 Å². The Morgan fingerprint density at radius 2 is 2.14 bits per heavy atom. The smallest absolute Gasteiger partial charge is 0.343 e. The second kappa shape index (κ2) is 7.53. The minimum absolute atomic E-state index is 0.126. The van der Waals surface area contributed by atoms with Crippen molar-refractivity contribution in [3.05, 3.63) is 57.8 Å². The molecule has 0 aliphatic carbocycles. The summed E-state index contributed by atoms with van der Waals surface area (Å²) < 4.78 is 26.4. The van der Waals surface area contributed by atoms with Gasteiger partial charge < -0.3 is 23.7 Å². The number of hydrogen-bond donors (Lipinski definition) is 0. The lowest BCUT2D eigenvalue weighted by atomic mass is 10.1. The maximum Gasteiger partial charge on any atom is 0.343 e. The number of halogens is 1. The summed E-state index contributed by atoms with van der Waals surface area (Å²) in [6, 6.07) is 8.18. The number of rotatable bonds is 4. The zero-order chi connectivity index (χ0) is 19.7. The van der Waals surface area contributed by atoms with Crippen LogP contribution in [0.15, 0.2) is 36.1 Å². The Hall–Kier alpha value is -3.03. The molecule has 0 atom stereocenters. The van der Waals surface area contributed by atoms with E-state index in [0.29, 0.717) is 40.0 Å². The third-order valence-corrected chi connectivity index (χ3v) is 4.43. The molecule has 2 aromatic carbocycles. The molecule has 7 nitrogen and oxygen atoms in total. The molecule has 0 saturated carbocycles. The number of ether oxygens (including phenoxy) is 5. The van der Waals surface area contributed by atoms with Gasteiger partial charge in [-0.15, -0.1) is 0 Å². The Labute approximate surface area is 165 Å². The fourth-order valence-corrected chi connectivity index (χ4v) is 3.16. The highest BCUT2D eigenvalue weighted by molar-refractivity contribution is 6.31. The summed E-state index contributed by atoms with van der Waals surface area (Å²) in [5, 5.41) is 0.501. The first-order valence-electron chi connectivity index (χ1n) is 8.36. The highest BCUT2D eigenvalue weighted by Gasteiger charge is 2.29. The van der Waals surface area contributed by atoms with Gasteiger partial charge in [0, 0.05) is 22.2 Å². The number of hydrogen-bond acceptors (Lipinski definition) is 7. The van der Waals surface area contributed by atoms with E-state index in [0.717, 1.165) is 5.56 Å². The van der Waals surface area contributed by atoms with Crippen LogP contribution in [0.3, 0.4) is 0 Å². The number of methoxy groups -OCH3 is 1. The van der Waals surface area contributed by atoms with Gasteiger partial charge in [0.2, 0.25) is 5.78 Å². The molecule has 0 spiro atoms. The lowest BCUT2D eigenvalue weighted by Gasteiger charge is -2.20. The molecule has 0 unspecified atom stereocenters. The van der Waals surface area contributed by atoms with Gasteiger partial charge in [0.25, 0.3) is 0 Å². The van der Waals surface area contributed by atoms with Crippen LogP contribution < -0.4 is 14.2 Å². The van der Waals surface area contributed by atoms with Gasteiger partial charge in [-0.3, -0.25) is 4.79 Å². The Balaban J connectivity index is 1.61. The van der Waals surface area contributed by atoms with Gasteiger partial charge in [-0.2, -0.15) is 0 Å². The summed E-state index contributed by atoms with van der Waals surface area (Å²) in [4.78, 5) is 23.9. The van der Waals surface area contributed by atoms with Gasteiger partial charge in [0.05, 0.1) is 19.3 Å². The number of allylic oxidation sites excluding steroid dienone is 1. The summed E-state index contributed by atoms with van der Waals surface area (Å²) in [6.45, 7) is 0.267. The largest absolute Gasteiger partial charge is 0.482 e. The molecule has 4 rings (SSSR count). The molecule has 8 heteroatoms. The standard InChI is InChI=1S/C20H15ClO7/c1-24-18(22)9-26-14-2-3-15-16(7-14)28-17(19(15)23)6-11-4-13(21)5-12-8-25-10-27-20(11)12/h2-7H,8-10H2,1H3. The zero-order valence-electron chi connectivity index (χ0n) is 14.8. The van der Waals surface area contributed by atoms with Crippen molar-refractivity contribution in [2.24, 2.45) is 0 Å². The number of fused-ring (bicyclic) bond motifs is 2. The highest BCUT2D eigenvalue weighted by atomic mass is 35.5. The van der Waals surface area contributed by atoms with Gasteiger partial charge >= 0.3 is 5.97 Å². The molecule has 2 heterocycles. The topological polar surface area (TPSA) is 80.3 Å². The summed E-state index contributed by atoms with van der Waals surface area (Å²) in [5.41, 5.74) is 1.83. The molecule has 0 amide bonds. The minimum atomic E-state index is -0.507. The van der Waals surface area contributed by atoms with Crippen molar-refractivity contribution >= 4 is 29.4 Å². The van der Waals surface area contributed by atoms with E-state index in [9.17, 15) is 9.59 Å². The average Bonchev–Trinajstić information content (AvgIpc) is 3.00. The predicted molar refractivity (Wildman–Crippen MR) is 98.6 cm³/mol. The van der Waals surface area contributed by atoms with Crippen molar-refractivity contribution in [2.45, 2.75) is 6.61 Å². The van der Waals surface area contributed by atoms with E-state index in [-0.39, 0.29) is 24.9 Å². The summed E-state index contributed by atoms with van der Waals surface area (Å²) in [6.07, 6.45) is 1.59.